The molecule has 10 heteroatoms. The quantitative estimate of drug-likeness (QED) is 0.384. The summed E-state index contributed by atoms with van der Waals surface area (Å²) in [5, 5.41) is 3.45. The number of hydrogen-bond donors (Lipinski definition) is 1. The minimum atomic E-state index is -1.04. The fourth-order valence-electron chi connectivity index (χ4n) is 4.32. The molecular weight excluding hydrogens is 496 g/mol. The zero-order valence-corrected chi connectivity index (χ0v) is 21.4. The smallest absolute Gasteiger partial charge is 0.258 e. The number of aromatic nitrogens is 2. The predicted molar refractivity (Wildman–Crippen MR) is 139 cm³/mol. The van der Waals surface area contributed by atoms with Gasteiger partial charge in [0.25, 0.3) is 5.91 Å². The standard InChI is InChI=1S/C27H27F2N5O2S/c1-17-14-20-27(30-15-17)37-22(31-20)16-36-21-9-8-19(28)23(24(21)29)26(35)32-25(18-6-4-3-5-7-18)34-12-10-33(2)11-13-34/h3-9,14-15,25H,10-13,16H2,1-2H3,(H,32,35). The van der Waals surface area contributed by atoms with E-state index in [1.165, 1.54) is 17.4 Å². The number of nitrogens with zero attached hydrogens (tertiary/aromatic N) is 4. The highest BCUT2D eigenvalue weighted by Crippen LogP contribution is 2.28. The van der Waals surface area contributed by atoms with Gasteiger partial charge in [0.1, 0.15) is 39.5 Å². The van der Waals surface area contributed by atoms with Crippen molar-refractivity contribution in [3.63, 3.8) is 0 Å². The van der Waals surface area contributed by atoms with Gasteiger partial charge in [-0.3, -0.25) is 9.69 Å². The van der Waals surface area contributed by atoms with Crippen LogP contribution in [-0.2, 0) is 6.61 Å². The molecular formula is C27H27F2N5O2S. The van der Waals surface area contributed by atoms with Gasteiger partial charge in [0.2, 0.25) is 0 Å². The van der Waals surface area contributed by atoms with E-state index in [0.29, 0.717) is 18.1 Å². The molecule has 2 aromatic carbocycles. The fourth-order valence-corrected chi connectivity index (χ4v) is 5.12. The molecule has 3 heterocycles. The van der Waals surface area contributed by atoms with Crippen LogP contribution in [0.25, 0.3) is 10.3 Å². The van der Waals surface area contributed by atoms with E-state index in [0.717, 1.165) is 40.6 Å². The van der Waals surface area contributed by atoms with E-state index in [1.807, 2.05) is 50.4 Å². The summed E-state index contributed by atoms with van der Waals surface area (Å²) in [6.45, 7) is 4.96. The van der Waals surface area contributed by atoms with Crippen molar-refractivity contribution in [1.82, 2.24) is 25.1 Å². The van der Waals surface area contributed by atoms with E-state index in [-0.39, 0.29) is 12.4 Å². The molecule has 1 aliphatic heterocycles. The fraction of sp³-hybridized carbons (Fsp3) is 0.296. The van der Waals surface area contributed by atoms with E-state index in [9.17, 15) is 9.18 Å². The number of piperazine rings is 1. The molecule has 1 atom stereocenters. The molecule has 0 saturated carbocycles. The summed E-state index contributed by atoms with van der Waals surface area (Å²) >= 11 is 1.33. The number of nitrogens with one attached hydrogen (secondary N) is 1. The number of carbonyl (C=O) groups excluding carboxylic acids is 1. The summed E-state index contributed by atoms with van der Waals surface area (Å²) in [5.74, 6) is -3.05. The van der Waals surface area contributed by atoms with Gasteiger partial charge in [-0.15, -0.1) is 0 Å². The first-order valence-corrected chi connectivity index (χ1v) is 12.8. The number of pyridine rings is 1. The molecule has 0 spiro atoms. The lowest BCUT2D eigenvalue weighted by atomic mass is 10.1. The van der Waals surface area contributed by atoms with Crippen LogP contribution in [0.15, 0.2) is 54.7 Å². The Hall–Kier alpha value is -3.47. The Balaban J connectivity index is 1.36. The zero-order chi connectivity index (χ0) is 25.9. The van der Waals surface area contributed by atoms with E-state index < -0.39 is 29.3 Å². The first-order valence-electron chi connectivity index (χ1n) is 12.0. The van der Waals surface area contributed by atoms with Crippen molar-refractivity contribution >= 4 is 27.6 Å². The lowest BCUT2D eigenvalue weighted by Gasteiger charge is -2.38. The van der Waals surface area contributed by atoms with Crippen molar-refractivity contribution in [2.75, 3.05) is 33.2 Å². The summed E-state index contributed by atoms with van der Waals surface area (Å²) in [7, 11) is 2.04. The van der Waals surface area contributed by atoms with Gasteiger partial charge < -0.3 is 15.0 Å². The van der Waals surface area contributed by atoms with Gasteiger partial charge in [-0.25, -0.2) is 18.7 Å². The maximum Gasteiger partial charge on any atom is 0.258 e. The molecule has 2 aromatic heterocycles. The van der Waals surface area contributed by atoms with Gasteiger partial charge in [0, 0.05) is 32.4 Å². The van der Waals surface area contributed by atoms with Gasteiger partial charge in [0.05, 0.1) is 0 Å². The molecule has 1 saturated heterocycles. The maximum atomic E-state index is 15.4. The topological polar surface area (TPSA) is 70.6 Å². The Morgan fingerprint density at radius 2 is 1.89 bits per heavy atom. The largest absolute Gasteiger partial charge is 0.483 e. The molecule has 1 amide bonds. The first-order chi connectivity index (χ1) is 17.9. The molecule has 1 fully saturated rings. The van der Waals surface area contributed by atoms with Gasteiger partial charge in [-0.2, -0.15) is 0 Å². The highest BCUT2D eigenvalue weighted by molar-refractivity contribution is 7.18. The molecule has 7 nitrogen and oxygen atoms in total. The van der Waals surface area contributed by atoms with Crippen LogP contribution >= 0.6 is 11.3 Å². The van der Waals surface area contributed by atoms with Crippen LogP contribution in [0.2, 0.25) is 0 Å². The molecule has 5 rings (SSSR count). The molecule has 0 radical (unpaired) electrons. The second-order valence-electron chi connectivity index (χ2n) is 9.09. The van der Waals surface area contributed by atoms with E-state index in [1.54, 1.807) is 6.20 Å². The van der Waals surface area contributed by atoms with Crippen molar-refractivity contribution in [3.05, 3.63) is 88.1 Å². The molecule has 1 unspecified atom stereocenters. The van der Waals surface area contributed by atoms with Crippen LogP contribution in [0.4, 0.5) is 8.78 Å². The zero-order valence-electron chi connectivity index (χ0n) is 20.6. The monoisotopic (exact) mass is 523 g/mol. The minimum absolute atomic E-state index is 0.0301. The van der Waals surface area contributed by atoms with Gasteiger partial charge in [-0.1, -0.05) is 41.7 Å². The maximum absolute atomic E-state index is 15.4. The van der Waals surface area contributed by atoms with Crippen LogP contribution in [-0.4, -0.2) is 58.9 Å². The number of amides is 1. The summed E-state index contributed by atoms with van der Waals surface area (Å²) in [4.78, 5) is 27.1. The second-order valence-corrected chi connectivity index (χ2v) is 10.2. The van der Waals surface area contributed by atoms with Crippen molar-refractivity contribution in [3.8, 4) is 5.75 Å². The Labute approximate surface area is 217 Å². The number of halogens is 2. The van der Waals surface area contributed by atoms with Crippen molar-refractivity contribution in [2.24, 2.45) is 0 Å². The Morgan fingerprint density at radius 1 is 1.14 bits per heavy atom. The normalized spacial score (nSPS) is 15.6. The average molecular weight is 524 g/mol. The third kappa shape index (κ3) is 5.61. The number of fused-ring (bicyclic) bond motifs is 1. The molecule has 1 aliphatic rings. The average Bonchev–Trinajstić information content (AvgIpc) is 3.30. The number of hydrogen-bond acceptors (Lipinski definition) is 7. The Bertz CT molecular complexity index is 1410. The van der Waals surface area contributed by atoms with E-state index in [2.05, 4.69) is 25.1 Å². The number of ether oxygens (including phenoxy) is 1. The number of thiazole rings is 1. The van der Waals surface area contributed by atoms with Crippen LogP contribution in [0.3, 0.4) is 0 Å². The SMILES string of the molecule is Cc1cnc2sc(COc3ccc(F)c(C(=O)NC(c4ccccc4)N4CCN(C)CC4)c3F)nc2c1. The summed E-state index contributed by atoms with van der Waals surface area (Å²) in [5.41, 5.74) is 1.89. The molecule has 0 aliphatic carbocycles. The summed E-state index contributed by atoms with van der Waals surface area (Å²) in [6, 6.07) is 13.6. The van der Waals surface area contributed by atoms with Crippen LogP contribution in [0.1, 0.15) is 32.7 Å². The Morgan fingerprint density at radius 3 is 2.65 bits per heavy atom. The predicted octanol–water partition coefficient (Wildman–Crippen LogP) is 4.53. The van der Waals surface area contributed by atoms with E-state index >= 15 is 4.39 Å². The van der Waals surface area contributed by atoms with Crippen molar-refractivity contribution in [1.29, 1.82) is 0 Å². The third-order valence-corrected chi connectivity index (χ3v) is 7.30. The lowest BCUT2D eigenvalue weighted by Crippen LogP contribution is -2.50. The molecule has 192 valence electrons. The first kappa shape index (κ1) is 25.2. The number of benzene rings is 2. The number of rotatable bonds is 7. The number of aryl methyl sites for hydroxylation is 1. The van der Waals surface area contributed by atoms with Crippen molar-refractivity contribution in [2.45, 2.75) is 19.7 Å². The molecule has 0 bridgehead atoms. The molecule has 4 aromatic rings. The number of carbonyl (C=O) groups is 1. The van der Waals surface area contributed by atoms with Crippen LogP contribution < -0.4 is 10.1 Å². The second kappa shape index (κ2) is 10.9. The highest BCUT2D eigenvalue weighted by Gasteiger charge is 2.29. The Kier molecular flexibility index (Phi) is 7.40. The van der Waals surface area contributed by atoms with Crippen LogP contribution in [0, 0.1) is 18.6 Å². The summed E-state index contributed by atoms with van der Waals surface area (Å²) in [6.07, 6.45) is 1.23. The highest BCUT2D eigenvalue weighted by atomic mass is 32.1. The van der Waals surface area contributed by atoms with Gasteiger partial charge >= 0.3 is 0 Å². The summed E-state index contributed by atoms with van der Waals surface area (Å²) < 4.78 is 35.8. The number of likely N-dealkylation sites (N-methyl/N-ethyl adjacent to an activating group) is 1. The molecule has 37 heavy (non-hydrogen) atoms. The lowest BCUT2D eigenvalue weighted by molar-refractivity contribution is 0.0712. The van der Waals surface area contributed by atoms with E-state index in [4.69, 9.17) is 4.74 Å². The third-order valence-electron chi connectivity index (χ3n) is 6.35. The minimum Gasteiger partial charge on any atom is -0.483 e. The van der Waals surface area contributed by atoms with Crippen LogP contribution in [0.5, 0.6) is 5.75 Å². The van der Waals surface area contributed by atoms with Gasteiger partial charge in [-0.05, 0) is 43.3 Å². The van der Waals surface area contributed by atoms with Gasteiger partial charge in [0.15, 0.2) is 11.6 Å². The molecule has 1 N–H and O–H groups in total. The van der Waals surface area contributed by atoms with Crippen molar-refractivity contribution < 1.29 is 18.3 Å².